The SMILES string of the molecule is CCCC(CCC)N1C(=O)c2ccc3c4ccc5c6c(cc(-c7ccc(-c8cc9c%10c(ccc%11c%12ccc%13c%14c(ccc(c8c%10%11)c%14%12)C(=O)N(C(CCC)CCC)C%13=O)C(=O)N(C(CCC)CCC)C9=O)cc7)c(c7ccc(c2c37)C1=O)c64)C(=O)N(c1ccc(OC(=O)CC2=CC=CC2)cc1)C5=O. The lowest BCUT2D eigenvalue weighted by Gasteiger charge is -2.35. The van der Waals surface area contributed by atoms with Gasteiger partial charge in [0.25, 0.3) is 47.3 Å². The van der Waals surface area contributed by atoms with Gasteiger partial charge in [-0.2, -0.15) is 0 Å². The first-order valence-electron chi connectivity index (χ1n) is 36.4. The number of rotatable bonds is 21. The number of hydrogen-bond acceptors (Lipinski definition) is 10. The molecule has 0 unspecified atom stereocenters. The van der Waals surface area contributed by atoms with Crippen molar-refractivity contribution < 1.29 is 47.9 Å². The number of anilines is 1. The van der Waals surface area contributed by atoms with Crippen molar-refractivity contribution in [1.82, 2.24) is 14.7 Å². The van der Waals surface area contributed by atoms with Gasteiger partial charge in [-0.25, -0.2) is 4.90 Å². The Labute approximate surface area is 588 Å². The Morgan fingerprint density at radius 1 is 0.343 bits per heavy atom. The van der Waals surface area contributed by atoms with Crippen LogP contribution in [0.3, 0.4) is 0 Å². The van der Waals surface area contributed by atoms with Gasteiger partial charge in [0.1, 0.15) is 5.75 Å². The third kappa shape index (κ3) is 9.25. The van der Waals surface area contributed by atoms with Crippen molar-refractivity contribution in [3.63, 3.8) is 0 Å². The van der Waals surface area contributed by atoms with E-state index in [1.54, 1.807) is 30.3 Å². The summed E-state index contributed by atoms with van der Waals surface area (Å²) < 4.78 is 5.73. The van der Waals surface area contributed by atoms with Crippen LogP contribution >= 0.6 is 0 Å². The van der Waals surface area contributed by atoms with Gasteiger partial charge in [0, 0.05) is 84.2 Å². The van der Waals surface area contributed by atoms with Gasteiger partial charge in [-0.1, -0.05) is 165 Å². The summed E-state index contributed by atoms with van der Waals surface area (Å²) in [6, 6.07) is 39.8. The first kappa shape index (κ1) is 64.1. The number of hydrogen-bond donors (Lipinski definition) is 0. The average Bonchev–Trinajstić information content (AvgIpc) is 0.768. The van der Waals surface area contributed by atoms with Gasteiger partial charge in [0.15, 0.2) is 0 Å². The molecule has 12 aromatic carbocycles. The second kappa shape index (κ2) is 24.5. The molecule has 0 spiro atoms. The molecule has 0 fully saturated rings. The predicted molar refractivity (Wildman–Crippen MR) is 402 cm³/mol. The standard InChI is InChI=1S/C88H74N4O10/c1-7-15-49(16-8-2)89-81(94)60-37-31-54-56-33-39-64-77-68(87(100)91(85(64)98)51(19-11-5)20-12-6)44-66(73(79(56)77)58-35-41-62(83(89)96)75(60)71(54)58)47-23-25-48(26-24-47)67-45-69-78-65(86(99)92(88(69)101)52-27-29-53(30-28-52)102-70(93)43-46-21-13-14-22-46)40-34-57-55-32-38-61-76-63(42-36-59(72(55)76)74(67)80(57)78)84(97)90(82(61)95)50(17-9-3)18-10-4/h13-14,21,23-42,44-45,49-51H,7-12,15-20,22,43H2,1-6H3. The van der Waals surface area contributed by atoms with Crippen LogP contribution in [0.15, 0.2) is 157 Å². The van der Waals surface area contributed by atoms with Gasteiger partial charge >= 0.3 is 5.97 Å². The molecule has 14 nitrogen and oxygen atoms in total. The average molecular weight is 1350 g/mol. The Morgan fingerprint density at radius 2 is 0.667 bits per heavy atom. The number of benzene rings is 12. The van der Waals surface area contributed by atoms with Crippen LogP contribution in [-0.2, 0) is 4.79 Å². The van der Waals surface area contributed by atoms with Crippen LogP contribution in [0.25, 0.3) is 108 Å². The second-order valence-corrected chi connectivity index (χ2v) is 28.4. The third-order valence-corrected chi connectivity index (χ3v) is 22.4. The highest BCUT2D eigenvalue weighted by atomic mass is 16.5. The van der Waals surface area contributed by atoms with Crippen LogP contribution in [0.4, 0.5) is 5.69 Å². The molecule has 102 heavy (non-hydrogen) atoms. The van der Waals surface area contributed by atoms with Gasteiger partial charge in [-0.05, 0) is 205 Å². The maximum absolute atomic E-state index is 15.7. The van der Waals surface area contributed by atoms with Crippen molar-refractivity contribution in [3.8, 4) is 28.0 Å². The normalized spacial score (nSPS) is 15.2. The summed E-state index contributed by atoms with van der Waals surface area (Å²) in [5, 5.41) is 10.9. The molecule has 14 heteroatoms. The minimum atomic E-state index is -0.574. The van der Waals surface area contributed by atoms with Crippen LogP contribution < -0.4 is 9.64 Å². The lowest BCUT2D eigenvalue weighted by Crippen LogP contribution is -2.47. The summed E-state index contributed by atoms with van der Waals surface area (Å²) in [6.07, 6.45) is 15.3. The molecule has 5 aliphatic rings. The first-order chi connectivity index (χ1) is 49.6. The summed E-state index contributed by atoms with van der Waals surface area (Å²) in [5.41, 5.74) is 7.03. The molecule has 506 valence electrons. The number of esters is 1. The Morgan fingerprint density at radius 3 is 1.03 bits per heavy atom. The van der Waals surface area contributed by atoms with Crippen molar-refractivity contribution in [2.45, 2.75) is 150 Å². The Bertz CT molecular complexity index is 5760. The number of carbonyl (C=O) groups is 9. The fourth-order valence-corrected chi connectivity index (χ4v) is 18.2. The zero-order chi connectivity index (χ0) is 70.4. The van der Waals surface area contributed by atoms with Crippen LogP contribution in [0, 0.1) is 0 Å². The van der Waals surface area contributed by atoms with Crippen LogP contribution in [0.1, 0.15) is 214 Å². The molecule has 0 saturated carbocycles. The van der Waals surface area contributed by atoms with Crippen LogP contribution in [0.5, 0.6) is 5.75 Å². The lowest BCUT2D eigenvalue weighted by atomic mass is 9.78. The maximum atomic E-state index is 15.7. The van der Waals surface area contributed by atoms with E-state index in [0.717, 1.165) is 97.5 Å². The summed E-state index contributed by atoms with van der Waals surface area (Å²) in [5.74, 6) is -3.35. The van der Waals surface area contributed by atoms with Gasteiger partial charge in [-0.3, -0.25) is 57.9 Å². The molecule has 0 saturated heterocycles. The number of nitrogens with zero attached hydrogens (tertiary/aromatic N) is 4. The topological polar surface area (TPSA) is 176 Å². The number of amides is 8. The van der Waals surface area contributed by atoms with Crippen molar-refractivity contribution in [2.24, 2.45) is 0 Å². The van der Waals surface area contributed by atoms with Gasteiger partial charge in [0.05, 0.1) is 12.1 Å². The number of allylic oxidation sites excluding steroid dienone is 3. The predicted octanol–water partition coefficient (Wildman–Crippen LogP) is 19.8. The van der Waals surface area contributed by atoms with Crippen molar-refractivity contribution >= 4 is 145 Å². The third-order valence-electron chi connectivity index (χ3n) is 22.4. The minimum Gasteiger partial charge on any atom is -0.426 e. The minimum absolute atomic E-state index is 0.122. The van der Waals surface area contributed by atoms with E-state index >= 15 is 28.8 Å². The summed E-state index contributed by atoms with van der Waals surface area (Å²) in [4.78, 5) is 140. The molecule has 12 aromatic rings. The molecule has 0 aromatic heterocycles. The Balaban J connectivity index is 0.889. The van der Waals surface area contributed by atoms with E-state index in [2.05, 4.69) is 41.5 Å². The van der Waals surface area contributed by atoms with E-state index < -0.39 is 17.8 Å². The monoisotopic (exact) mass is 1350 g/mol. The molecular formula is C88H74N4O10. The first-order valence-corrected chi connectivity index (χ1v) is 36.4. The van der Waals surface area contributed by atoms with E-state index in [4.69, 9.17) is 4.74 Å². The van der Waals surface area contributed by atoms with E-state index in [1.807, 2.05) is 121 Å². The zero-order valence-corrected chi connectivity index (χ0v) is 57.9. The van der Waals surface area contributed by atoms with E-state index in [0.29, 0.717) is 144 Å². The summed E-state index contributed by atoms with van der Waals surface area (Å²) >= 11 is 0. The fraction of sp³-hybridized carbons (Fsp3) is 0.261. The quantitative estimate of drug-likeness (QED) is 0.0221. The van der Waals surface area contributed by atoms with E-state index in [1.165, 1.54) is 14.7 Å². The fourth-order valence-electron chi connectivity index (χ4n) is 18.2. The summed E-state index contributed by atoms with van der Waals surface area (Å²) in [6.45, 7) is 12.4. The molecule has 4 heterocycles. The van der Waals surface area contributed by atoms with Crippen molar-refractivity contribution in [1.29, 1.82) is 0 Å². The molecule has 0 bridgehead atoms. The molecule has 0 atom stereocenters. The molecule has 17 rings (SSSR count). The highest BCUT2D eigenvalue weighted by Gasteiger charge is 2.44. The maximum Gasteiger partial charge on any atom is 0.315 e. The van der Waals surface area contributed by atoms with E-state index in [-0.39, 0.29) is 77.0 Å². The van der Waals surface area contributed by atoms with Gasteiger partial charge in [0.2, 0.25) is 0 Å². The van der Waals surface area contributed by atoms with Crippen molar-refractivity contribution in [3.05, 3.63) is 202 Å². The van der Waals surface area contributed by atoms with Crippen LogP contribution in [-0.4, -0.2) is 86.1 Å². The molecule has 1 aliphatic carbocycles. The number of fused-ring (bicyclic) bond motifs is 4. The number of ether oxygens (including phenoxy) is 1. The summed E-state index contributed by atoms with van der Waals surface area (Å²) in [7, 11) is 0. The van der Waals surface area contributed by atoms with Crippen molar-refractivity contribution in [2.75, 3.05) is 4.90 Å². The number of carbonyl (C=O) groups excluding carboxylic acids is 9. The van der Waals surface area contributed by atoms with E-state index in [9.17, 15) is 14.4 Å². The zero-order valence-electron chi connectivity index (χ0n) is 57.9. The second-order valence-electron chi connectivity index (χ2n) is 28.4. The van der Waals surface area contributed by atoms with Gasteiger partial charge in [-0.15, -0.1) is 0 Å². The highest BCUT2D eigenvalue weighted by Crippen LogP contribution is 2.54. The smallest absolute Gasteiger partial charge is 0.315 e. The Kier molecular flexibility index (Phi) is 15.4. The lowest BCUT2D eigenvalue weighted by molar-refractivity contribution is -0.133. The van der Waals surface area contributed by atoms with Gasteiger partial charge < -0.3 is 4.74 Å². The molecule has 0 radical (unpaired) electrons. The highest BCUT2D eigenvalue weighted by molar-refractivity contribution is 6.47. The van der Waals surface area contributed by atoms with Crippen LogP contribution in [0.2, 0.25) is 0 Å². The Hall–Kier alpha value is -11.3. The molecular weight excluding hydrogens is 1270 g/mol. The number of imide groups is 4. The molecule has 4 aliphatic heterocycles. The molecule has 0 N–H and O–H groups in total. The largest absolute Gasteiger partial charge is 0.426 e. The molecule has 8 amide bonds.